The van der Waals surface area contributed by atoms with E-state index in [1.165, 1.54) is 0 Å². The van der Waals surface area contributed by atoms with Crippen LogP contribution in [0.1, 0.15) is 38.3 Å². The molecule has 78 valence electrons. The molecule has 2 nitrogen and oxygen atoms in total. The van der Waals surface area contributed by atoms with E-state index in [9.17, 15) is 0 Å². The maximum Gasteiger partial charge on any atom is 0.124 e. The van der Waals surface area contributed by atoms with Crippen molar-refractivity contribution in [3.05, 3.63) is 29.8 Å². The first-order chi connectivity index (χ1) is 6.79. The highest BCUT2D eigenvalue weighted by Gasteiger charge is 2.08. The van der Waals surface area contributed by atoms with Crippen LogP contribution in [0.25, 0.3) is 0 Å². The molecule has 0 aliphatic heterocycles. The lowest BCUT2D eigenvalue weighted by atomic mass is 10.0. The number of para-hydroxylation sites is 1. The topological polar surface area (TPSA) is 35.2 Å². The van der Waals surface area contributed by atoms with Crippen LogP contribution in [0, 0.1) is 0 Å². The van der Waals surface area contributed by atoms with E-state index in [-0.39, 0.29) is 6.04 Å². The molecule has 0 fully saturated rings. The zero-order chi connectivity index (χ0) is 10.4. The largest absolute Gasteiger partial charge is 0.493 e. The molecule has 0 aromatic heterocycles. The first-order valence-electron chi connectivity index (χ1n) is 5.26. The molecular weight excluding hydrogens is 174 g/mol. The zero-order valence-corrected chi connectivity index (χ0v) is 8.99. The summed E-state index contributed by atoms with van der Waals surface area (Å²) >= 11 is 0. The standard InChI is InChI=1S/C12H19NO/c1-3-9-14-12-8-6-5-7-10(12)11(13)4-2/h5-8,11H,3-4,9,13H2,1-2H3/t11-/m1/s1. The lowest BCUT2D eigenvalue weighted by molar-refractivity contribution is 0.312. The van der Waals surface area contributed by atoms with Gasteiger partial charge in [0.15, 0.2) is 0 Å². The molecule has 0 heterocycles. The Bertz CT molecular complexity index is 273. The number of nitrogens with two attached hydrogens (primary N) is 1. The molecule has 1 aromatic rings. The molecule has 0 spiro atoms. The number of rotatable bonds is 5. The van der Waals surface area contributed by atoms with Crippen molar-refractivity contribution in [1.29, 1.82) is 0 Å². The van der Waals surface area contributed by atoms with E-state index in [0.717, 1.165) is 30.8 Å². The van der Waals surface area contributed by atoms with Gasteiger partial charge in [0.2, 0.25) is 0 Å². The van der Waals surface area contributed by atoms with Crippen molar-refractivity contribution in [2.24, 2.45) is 5.73 Å². The van der Waals surface area contributed by atoms with Gasteiger partial charge in [-0.15, -0.1) is 0 Å². The van der Waals surface area contributed by atoms with Gasteiger partial charge in [0.1, 0.15) is 5.75 Å². The Hall–Kier alpha value is -1.02. The average molecular weight is 193 g/mol. The summed E-state index contributed by atoms with van der Waals surface area (Å²) in [7, 11) is 0. The van der Waals surface area contributed by atoms with Crippen molar-refractivity contribution in [1.82, 2.24) is 0 Å². The summed E-state index contributed by atoms with van der Waals surface area (Å²) in [5.41, 5.74) is 7.10. The van der Waals surface area contributed by atoms with Crippen molar-refractivity contribution in [2.75, 3.05) is 6.61 Å². The number of benzene rings is 1. The van der Waals surface area contributed by atoms with Crippen LogP contribution < -0.4 is 10.5 Å². The number of ether oxygens (including phenoxy) is 1. The van der Waals surface area contributed by atoms with Gasteiger partial charge in [-0.3, -0.25) is 0 Å². The van der Waals surface area contributed by atoms with Crippen molar-refractivity contribution in [3.63, 3.8) is 0 Å². The Kier molecular flexibility index (Phi) is 4.47. The van der Waals surface area contributed by atoms with Crippen LogP contribution >= 0.6 is 0 Å². The van der Waals surface area contributed by atoms with Crippen LogP contribution in [0.15, 0.2) is 24.3 Å². The molecule has 0 aliphatic rings. The lowest BCUT2D eigenvalue weighted by Gasteiger charge is -2.15. The Balaban J connectivity index is 2.79. The third-order valence-electron chi connectivity index (χ3n) is 2.22. The maximum absolute atomic E-state index is 5.99. The van der Waals surface area contributed by atoms with Crippen molar-refractivity contribution in [2.45, 2.75) is 32.7 Å². The predicted octanol–water partition coefficient (Wildman–Crippen LogP) is 2.89. The molecule has 2 heteroatoms. The van der Waals surface area contributed by atoms with Crippen LogP contribution in [0.4, 0.5) is 0 Å². The third kappa shape index (κ3) is 2.74. The number of hydrogen-bond donors (Lipinski definition) is 1. The number of hydrogen-bond acceptors (Lipinski definition) is 2. The smallest absolute Gasteiger partial charge is 0.124 e. The SMILES string of the molecule is CCCOc1ccccc1[C@H](N)CC. The maximum atomic E-state index is 5.99. The van der Waals surface area contributed by atoms with Gasteiger partial charge < -0.3 is 10.5 Å². The predicted molar refractivity (Wildman–Crippen MR) is 59.4 cm³/mol. The highest BCUT2D eigenvalue weighted by Crippen LogP contribution is 2.25. The molecule has 0 saturated carbocycles. The first kappa shape index (κ1) is 11.1. The second-order valence-electron chi connectivity index (χ2n) is 3.40. The molecule has 1 rings (SSSR count). The monoisotopic (exact) mass is 193 g/mol. The molecule has 0 aliphatic carbocycles. The van der Waals surface area contributed by atoms with Crippen molar-refractivity contribution < 1.29 is 4.74 Å². The second-order valence-corrected chi connectivity index (χ2v) is 3.40. The van der Waals surface area contributed by atoms with E-state index in [1.807, 2.05) is 24.3 Å². The van der Waals surface area contributed by atoms with E-state index in [4.69, 9.17) is 10.5 Å². The van der Waals surface area contributed by atoms with E-state index in [0.29, 0.717) is 0 Å². The van der Waals surface area contributed by atoms with Crippen molar-refractivity contribution >= 4 is 0 Å². The summed E-state index contributed by atoms with van der Waals surface area (Å²) in [6, 6.07) is 8.10. The van der Waals surface area contributed by atoms with Gasteiger partial charge in [0, 0.05) is 11.6 Å². The quantitative estimate of drug-likeness (QED) is 0.780. The van der Waals surface area contributed by atoms with Gasteiger partial charge in [-0.2, -0.15) is 0 Å². The summed E-state index contributed by atoms with van der Waals surface area (Å²) < 4.78 is 5.63. The Morgan fingerprint density at radius 3 is 2.64 bits per heavy atom. The molecule has 0 saturated heterocycles. The molecular formula is C12H19NO. The van der Waals surface area contributed by atoms with Gasteiger partial charge >= 0.3 is 0 Å². The highest BCUT2D eigenvalue weighted by atomic mass is 16.5. The Morgan fingerprint density at radius 1 is 1.29 bits per heavy atom. The van der Waals surface area contributed by atoms with Crippen LogP contribution in [0.3, 0.4) is 0 Å². The molecule has 0 radical (unpaired) electrons. The van der Waals surface area contributed by atoms with E-state index in [1.54, 1.807) is 0 Å². The highest BCUT2D eigenvalue weighted by molar-refractivity contribution is 5.35. The van der Waals surface area contributed by atoms with Gasteiger partial charge in [-0.1, -0.05) is 32.0 Å². The first-order valence-corrected chi connectivity index (χ1v) is 5.26. The summed E-state index contributed by atoms with van der Waals surface area (Å²) in [5, 5.41) is 0. The molecule has 0 bridgehead atoms. The van der Waals surface area contributed by atoms with Gasteiger partial charge in [0.05, 0.1) is 6.61 Å². The van der Waals surface area contributed by atoms with E-state index < -0.39 is 0 Å². The molecule has 14 heavy (non-hydrogen) atoms. The third-order valence-corrected chi connectivity index (χ3v) is 2.22. The zero-order valence-electron chi connectivity index (χ0n) is 8.99. The van der Waals surface area contributed by atoms with Crippen LogP contribution in [0.2, 0.25) is 0 Å². The minimum atomic E-state index is 0.0862. The summed E-state index contributed by atoms with van der Waals surface area (Å²) in [4.78, 5) is 0. The lowest BCUT2D eigenvalue weighted by Crippen LogP contribution is -2.11. The summed E-state index contributed by atoms with van der Waals surface area (Å²) in [6.07, 6.45) is 1.96. The van der Waals surface area contributed by atoms with Crippen LogP contribution in [-0.2, 0) is 0 Å². The summed E-state index contributed by atoms with van der Waals surface area (Å²) in [6.45, 7) is 4.94. The fourth-order valence-corrected chi connectivity index (χ4v) is 1.35. The van der Waals surface area contributed by atoms with E-state index in [2.05, 4.69) is 13.8 Å². The second kappa shape index (κ2) is 5.66. The Labute approximate surface area is 86.1 Å². The van der Waals surface area contributed by atoms with Crippen LogP contribution in [0.5, 0.6) is 5.75 Å². The average Bonchev–Trinajstić information content (AvgIpc) is 2.25. The fraction of sp³-hybridized carbons (Fsp3) is 0.500. The molecule has 2 N–H and O–H groups in total. The molecule has 0 unspecified atom stereocenters. The van der Waals surface area contributed by atoms with Gasteiger partial charge in [0.25, 0.3) is 0 Å². The summed E-state index contributed by atoms with van der Waals surface area (Å²) in [5.74, 6) is 0.934. The van der Waals surface area contributed by atoms with Crippen molar-refractivity contribution in [3.8, 4) is 5.75 Å². The van der Waals surface area contributed by atoms with Crippen LogP contribution in [-0.4, -0.2) is 6.61 Å². The molecule has 0 amide bonds. The Morgan fingerprint density at radius 2 is 2.00 bits per heavy atom. The molecule has 1 aromatic carbocycles. The van der Waals surface area contributed by atoms with Gasteiger partial charge in [-0.25, -0.2) is 0 Å². The fourth-order valence-electron chi connectivity index (χ4n) is 1.35. The normalized spacial score (nSPS) is 12.5. The minimum absolute atomic E-state index is 0.0862. The minimum Gasteiger partial charge on any atom is -0.493 e. The van der Waals surface area contributed by atoms with Gasteiger partial charge in [-0.05, 0) is 18.9 Å². The van der Waals surface area contributed by atoms with E-state index >= 15 is 0 Å². The molecule has 1 atom stereocenters.